The van der Waals surface area contributed by atoms with Gasteiger partial charge in [0, 0.05) is 12.1 Å². The minimum Gasteiger partial charge on any atom is -0.427 e. The van der Waals surface area contributed by atoms with Gasteiger partial charge in [0.25, 0.3) is 0 Å². The van der Waals surface area contributed by atoms with Gasteiger partial charge in [-0.25, -0.2) is 4.79 Å². The molecule has 0 rings (SSSR count). The Labute approximate surface area is 243 Å². The molecule has 0 aromatic rings. The molecule has 0 aromatic heterocycles. The van der Waals surface area contributed by atoms with Crippen LogP contribution in [0.1, 0.15) is 20.3 Å². The fourth-order valence-corrected chi connectivity index (χ4v) is 28.1. The number of ether oxygens (including phenoxy) is 1. The van der Waals surface area contributed by atoms with Crippen molar-refractivity contribution in [3.8, 4) is 0 Å². The number of rotatable bonds is 17. The highest BCUT2D eigenvalue weighted by molar-refractivity contribution is 6.92. The molecule has 0 radical (unpaired) electrons. The lowest BCUT2D eigenvalue weighted by molar-refractivity contribution is -0.257. The molecule has 3 unspecified atom stereocenters. The summed E-state index contributed by atoms with van der Waals surface area (Å²) in [4.78, 5) is 12.8. The van der Waals surface area contributed by atoms with E-state index in [9.17, 15) is 20.1 Å². The Balaban J connectivity index is 7.67. The summed E-state index contributed by atoms with van der Waals surface area (Å²) in [7, 11) is -17.3. The Morgan fingerprint density at radius 3 is 1.38 bits per heavy atom. The van der Waals surface area contributed by atoms with Crippen LogP contribution in [0.2, 0.25) is 90.7 Å². The van der Waals surface area contributed by atoms with Gasteiger partial charge in [-0.05, 0) is 91.9 Å². The molecule has 0 aromatic carbocycles. The van der Waals surface area contributed by atoms with Crippen molar-refractivity contribution in [3.05, 3.63) is 12.2 Å². The molecule has 16 heteroatoms. The van der Waals surface area contributed by atoms with Crippen LogP contribution in [-0.2, 0) is 30.1 Å². The maximum atomic E-state index is 12.8. The Morgan fingerprint density at radius 1 is 0.769 bits per heavy atom. The van der Waals surface area contributed by atoms with Crippen LogP contribution in [-0.4, -0.2) is 90.7 Å². The van der Waals surface area contributed by atoms with Crippen molar-refractivity contribution in [2.24, 2.45) is 0 Å². The van der Waals surface area contributed by atoms with Crippen molar-refractivity contribution in [2.75, 3.05) is 6.61 Å². The highest BCUT2D eigenvalue weighted by Crippen LogP contribution is 2.46. The highest BCUT2D eigenvalue weighted by Gasteiger charge is 2.67. The monoisotopic (exact) mass is 660 g/mol. The number of esters is 1. The molecule has 0 saturated carbocycles. The predicted octanol–water partition coefficient (Wildman–Crippen LogP) is 4.86. The van der Waals surface area contributed by atoms with Gasteiger partial charge >= 0.3 is 23.6 Å². The second-order valence-electron chi connectivity index (χ2n) is 14.0. The number of hydrogen-bond donors (Lipinski definition) is 3. The van der Waals surface area contributed by atoms with Gasteiger partial charge in [-0.2, -0.15) is 0 Å². The van der Waals surface area contributed by atoms with E-state index in [1.54, 1.807) is 6.92 Å². The van der Waals surface area contributed by atoms with Gasteiger partial charge in [-0.15, -0.1) is 0 Å². The zero-order valence-electron chi connectivity index (χ0n) is 27.0. The first-order chi connectivity index (χ1) is 17.0. The number of aliphatic hydroxyl groups excluding tert-OH is 2. The third kappa shape index (κ3) is 13.4. The zero-order chi connectivity index (χ0) is 31.5. The van der Waals surface area contributed by atoms with E-state index < -0.39 is 80.9 Å². The van der Waals surface area contributed by atoms with E-state index in [1.807, 2.05) is 85.1 Å². The first-order valence-corrected chi connectivity index (χ1v) is 31.1. The molecular weight excluding hydrogens is 605 g/mol. The van der Waals surface area contributed by atoms with Crippen LogP contribution in [0.3, 0.4) is 0 Å². The van der Waals surface area contributed by atoms with Gasteiger partial charge in [0.15, 0.2) is 33.3 Å². The lowest BCUT2D eigenvalue weighted by Crippen LogP contribution is -2.72. The van der Waals surface area contributed by atoms with E-state index >= 15 is 0 Å². The van der Waals surface area contributed by atoms with E-state index in [0.29, 0.717) is 0 Å². The summed E-state index contributed by atoms with van der Waals surface area (Å²) in [5.41, 5.74) is -1.17. The molecule has 0 aliphatic heterocycles. The topological polar surface area (TPSA) is 133 Å². The standard InChI is InChI=1S/C23H56O10Si6/c1-17-21(23(27,20(25)18-24)28-22(26)19(2)3)39(31-36(10,11)12,32-37(13,14)15)33-38(16,29-34(4,5)6)30-35(7,8)9/h20-21,24-25,27H,2,17-18H2,1,3-16H3. The number of hydrogen-bond acceptors (Lipinski definition) is 10. The predicted molar refractivity (Wildman–Crippen MR) is 169 cm³/mol. The molecule has 0 spiro atoms. The van der Waals surface area contributed by atoms with Crippen LogP contribution in [0.15, 0.2) is 12.2 Å². The largest absolute Gasteiger partial charge is 0.482 e. The highest BCUT2D eigenvalue weighted by atomic mass is 28.5. The smallest absolute Gasteiger partial charge is 0.427 e. The van der Waals surface area contributed by atoms with Gasteiger partial charge in [0.2, 0.25) is 5.79 Å². The molecule has 3 N–H and O–H groups in total. The number of carbonyl (C=O) groups excluding carboxylic acids is 1. The molecule has 0 saturated heterocycles. The fraction of sp³-hybridized carbons (Fsp3) is 0.870. The Morgan fingerprint density at radius 2 is 1.13 bits per heavy atom. The van der Waals surface area contributed by atoms with Crippen molar-refractivity contribution in [1.82, 2.24) is 0 Å². The van der Waals surface area contributed by atoms with Gasteiger partial charge in [0.05, 0.1) is 12.1 Å². The van der Waals surface area contributed by atoms with Crippen molar-refractivity contribution >= 4 is 56.8 Å². The normalized spacial score (nSPS) is 17.4. The van der Waals surface area contributed by atoms with Crippen molar-refractivity contribution in [1.29, 1.82) is 0 Å². The van der Waals surface area contributed by atoms with E-state index in [4.69, 9.17) is 25.3 Å². The minimum atomic E-state index is -4.20. The summed E-state index contributed by atoms with van der Waals surface area (Å²) in [5.74, 6) is -3.54. The van der Waals surface area contributed by atoms with Gasteiger partial charge in [0.1, 0.15) is 6.10 Å². The van der Waals surface area contributed by atoms with Crippen LogP contribution >= 0.6 is 0 Å². The van der Waals surface area contributed by atoms with E-state index in [-0.39, 0.29) is 12.0 Å². The quantitative estimate of drug-likeness (QED) is 0.0860. The van der Waals surface area contributed by atoms with Gasteiger partial charge < -0.3 is 40.6 Å². The first-order valence-electron chi connectivity index (χ1n) is 13.4. The molecule has 0 aliphatic carbocycles. The number of carbonyl (C=O) groups is 1. The average Bonchev–Trinajstić information content (AvgIpc) is 2.60. The molecular formula is C23H56O10Si6. The summed E-state index contributed by atoms with van der Waals surface area (Å²) in [5, 5.41) is 33.0. The van der Waals surface area contributed by atoms with Crippen molar-refractivity contribution in [3.63, 3.8) is 0 Å². The summed E-state index contributed by atoms with van der Waals surface area (Å²) < 4.78 is 39.6. The van der Waals surface area contributed by atoms with Gasteiger partial charge in [-0.1, -0.05) is 13.5 Å². The zero-order valence-corrected chi connectivity index (χ0v) is 33.0. The van der Waals surface area contributed by atoms with Crippen molar-refractivity contribution < 1.29 is 45.4 Å². The molecule has 232 valence electrons. The second kappa shape index (κ2) is 13.7. The van der Waals surface area contributed by atoms with Crippen LogP contribution in [0, 0.1) is 0 Å². The van der Waals surface area contributed by atoms with Gasteiger partial charge in [-0.3, -0.25) is 0 Å². The fourth-order valence-electron chi connectivity index (χ4n) is 4.10. The Kier molecular flexibility index (Phi) is 13.7. The molecule has 0 aliphatic rings. The molecule has 3 atom stereocenters. The van der Waals surface area contributed by atoms with Crippen LogP contribution in [0.5, 0.6) is 0 Å². The molecule has 10 nitrogen and oxygen atoms in total. The second-order valence-corrected chi connectivity index (χ2v) is 38.6. The third-order valence-corrected chi connectivity index (χ3v) is 24.1. The minimum absolute atomic E-state index is 0.0159. The summed E-state index contributed by atoms with van der Waals surface area (Å²) in [6, 6.07) is 0. The van der Waals surface area contributed by atoms with E-state index in [1.165, 1.54) is 6.92 Å². The Bertz CT molecular complexity index is 799. The van der Waals surface area contributed by atoms with Crippen LogP contribution in [0.25, 0.3) is 0 Å². The van der Waals surface area contributed by atoms with Crippen molar-refractivity contribution in [2.45, 2.75) is 123 Å². The molecule has 39 heavy (non-hydrogen) atoms. The molecule has 0 fully saturated rings. The van der Waals surface area contributed by atoms with Crippen LogP contribution < -0.4 is 0 Å². The third-order valence-electron chi connectivity index (χ3n) is 4.80. The molecule has 0 amide bonds. The SMILES string of the molecule is C=C(C)C(=O)OC(O)(C(O)CO)C(CC)[Si](O[Si](C)(C)C)(O[Si](C)(C)C)O[Si](C)(O[Si](C)(C)C)O[Si](C)(C)C. The summed E-state index contributed by atoms with van der Waals surface area (Å²) in [6.45, 7) is 31.8. The molecule has 0 heterocycles. The average molecular weight is 661 g/mol. The maximum Gasteiger partial charge on any atom is 0.482 e. The molecule has 0 bridgehead atoms. The van der Waals surface area contributed by atoms with E-state index in [0.717, 1.165) is 0 Å². The Hall–Kier alpha value is 0.191. The number of aliphatic hydroxyl groups is 3. The van der Waals surface area contributed by atoms with Crippen LogP contribution in [0.4, 0.5) is 0 Å². The summed E-state index contributed by atoms with van der Waals surface area (Å²) >= 11 is 0. The lowest BCUT2D eigenvalue weighted by Gasteiger charge is -2.51. The lowest BCUT2D eigenvalue weighted by atomic mass is 10.0. The maximum absolute atomic E-state index is 12.8. The van der Waals surface area contributed by atoms with E-state index in [2.05, 4.69) is 6.58 Å². The first kappa shape index (κ1) is 39.2. The summed E-state index contributed by atoms with van der Waals surface area (Å²) in [6.07, 6.45) is -1.75.